The van der Waals surface area contributed by atoms with E-state index in [4.69, 9.17) is 23.2 Å². The Kier molecular flexibility index (Phi) is 5.32. The first-order chi connectivity index (χ1) is 12.4. The molecule has 2 amide bonds. The van der Waals surface area contributed by atoms with Crippen LogP contribution in [0.4, 0.5) is 5.69 Å². The molecule has 0 spiro atoms. The van der Waals surface area contributed by atoms with E-state index in [0.29, 0.717) is 21.3 Å². The fourth-order valence-electron chi connectivity index (χ4n) is 2.84. The van der Waals surface area contributed by atoms with Gasteiger partial charge in [-0.05, 0) is 42.0 Å². The van der Waals surface area contributed by atoms with Crippen LogP contribution in [0.2, 0.25) is 10.0 Å². The number of likely N-dealkylation sites (N-methyl/N-ethyl adjacent to an activating group) is 1. The summed E-state index contributed by atoms with van der Waals surface area (Å²) in [5, 5.41) is 10.3. The number of carbonyl (C=O) groups is 2. The Balaban J connectivity index is 2.11. The lowest BCUT2D eigenvalue weighted by molar-refractivity contribution is -0.120. The Morgan fingerprint density at radius 3 is 2.00 bits per heavy atom. The molecule has 0 saturated carbocycles. The van der Waals surface area contributed by atoms with Crippen molar-refractivity contribution in [2.24, 2.45) is 0 Å². The van der Waals surface area contributed by atoms with Gasteiger partial charge in [-0.15, -0.1) is 0 Å². The van der Waals surface area contributed by atoms with E-state index in [2.05, 4.69) is 0 Å². The quantitative estimate of drug-likeness (QED) is 0.796. The minimum Gasteiger partial charge on any atom is -0.395 e. The number of hydrogen-bond donors (Lipinski definition) is 1. The van der Waals surface area contributed by atoms with E-state index in [0.717, 1.165) is 4.90 Å². The van der Waals surface area contributed by atoms with E-state index in [1.54, 1.807) is 60.5 Å². The molecular weight excluding hydrogens is 375 g/mol. The molecule has 0 atom stereocenters. The summed E-state index contributed by atoms with van der Waals surface area (Å²) in [6, 6.07) is 13.2. The molecule has 2 aromatic rings. The molecule has 1 heterocycles. The monoisotopic (exact) mass is 390 g/mol. The predicted molar refractivity (Wildman–Crippen MR) is 102 cm³/mol. The average molecular weight is 391 g/mol. The Hall–Kier alpha value is -2.34. The molecule has 1 N–H and O–H groups in total. The Morgan fingerprint density at radius 1 is 0.923 bits per heavy atom. The molecule has 3 rings (SSSR count). The van der Waals surface area contributed by atoms with Crippen LogP contribution in [0, 0.1) is 0 Å². The molecule has 0 fully saturated rings. The van der Waals surface area contributed by atoms with E-state index < -0.39 is 11.8 Å². The second-order valence-corrected chi connectivity index (χ2v) is 6.67. The highest BCUT2D eigenvalue weighted by Crippen LogP contribution is 2.35. The summed E-state index contributed by atoms with van der Waals surface area (Å²) < 4.78 is 0. The van der Waals surface area contributed by atoms with E-state index in [1.165, 1.54) is 0 Å². The molecule has 5 nitrogen and oxygen atoms in total. The molecular formula is C19H16Cl2N2O3. The van der Waals surface area contributed by atoms with Crippen LogP contribution in [-0.2, 0) is 9.59 Å². The maximum Gasteiger partial charge on any atom is 0.282 e. The van der Waals surface area contributed by atoms with Crippen molar-refractivity contribution in [2.75, 3.05) is 25.1 Å². The highest BCUT2D eigenvalue weighted by molar-refractivity contribution is 6.45. The van der Waals surface area contributed by atoms with Crippen molar-refractivity contribution in [1.29, 1.82) is 0 Å². The summed E-state index contributed by atoms with van der Waals surface area (Å²) >= 11 is 11.8. The van der Waals surface area contributed by atoms with Crippen molar-refractivity contribution in [3.05, 3.63) is 69.8 Å². The van der Waals surface area contributed by atoms with Gasteiger partial charge in [0.2, 0.25) is 0 Å². The number of amides is 2. The van der Waals surface area contributed by atoms with Crippen LogP contribution in [0.5, 0.6) is 0 Å². The van der Waals surface area contributed by atoms with Crippen LogP contribution in [0.15, 0.2) is 54.2 Å². The van der Waals surface area contributed by atoms with Gasteiger partial charge in [0, 0.05) is 23.6 Å². The SMILES string of the molecule is CN(CCO)C1=C(c2ccc(Cl)cc2)C(=O)N(c2ccc(Cl)cc2)C1=O. The summed E-state index contributed by atoms with van der Waals surface area (Å²) in [6.45, 7) is 0.0796. The highest BCUT2D eigenvalue weighted by Gasteiger charge is 2.41. The van der Waals surface area contributed by atoms with Crippen LogP contribution in [-0.4, -0.2) is 42.0 Å². The molecule has 0 aromatic heterocycles. The van der Waals surface area contributed by atoms with Crippen LogP contribution in [0.25, 0.3) is 5.57 Å². The minimum atomic E-state index is -0.446. The first kappa shape index (κ1) is 18.5. The summed E-state index contributed by atoms with van der Waals surface area (Å²) in [6.07, 6.45) is 0. The molecule has 0 aliphatic carbocycles. The van der Waals surface area contributed by atoms with Gasteiger partial charge in [0.05, 0.1) is 17.9 Å². The van der Waals surface area contributed by atoms with Gasteiger partial charge in [-0.25, -0.2) is 4.90 Å². The van der Waals surface area contributed by atoms with Gasteiger partial charge in [-0.3, -0.25) is 9.59 Å². The van der Waals surface area contributed by atoms with Crippen molar-refractivity contribution >= 4 is 46.3 Å². The number of aliphatic hydroxyl groups is 1. The van der Waals surface area contributed by atoms with Gasteiger partial charge in [0.15, 0.2) is 0 Å². The van der Waals surface area contributed by atoms with Gasteiger partial charge in [0.25, 0.3) is 11.8 Å². The third kappa shape index (κ3) is 3.33. The largest absolute Gasteiger partial charge is 0.395 e. The normalized spacial score (nSPS) is 14.4. The van der Waals surface area contributed by atoms with Gasteiger partial charge in [-0.1, -0.05) is 35.3 Å². The highest BCUT2D eigenvalue weighted by atomic mass is 35.5. The van der Waals surface area contributed by atoms with E-state index >= 15 is 0 Å². The summed E-state index contributed by atoms with van der Waals surface area (Å²) in [4.78, 5) is 28.8. The molecule has 1 aliphatic rings. The number of halogens is 2. The van der Waals surface area contributed by atoms with Gasteiger partial charge < -0.3 is 10.0 Å². The molecule has 0 unspecified atom stereocenters. The third-order valence-electron chi connectivity index (χ3n) is 4.09. The fraction of sp³-hybridized carbons (Fsp3) is 0.158. The lowest BCUT2D eigenvalue weighted by Gasteiger charge is -2.20. The number of benzene rings is 2. The van der Waals surface area contributed by atoms with Crippen molar-refractivity contribution in [2.45, 2.75) is 0 Å². The summed E-state index contributed by atoms with van der Waals surface area (Å²) in [5.74, 6) is -0.877. The van der Waals surface area contributed by atoms with E-state index in [9.17, 15) is 14.7 Å². The number of anilines is 1. The number of rotatable bonds is 5. The van der Waals surface area contributed by atoms with Crippen LogP contribution < -0.4 is 4.90 Å². The lowest BCUT2D eigenvalue weighted by atomic mass is 10.0. The van der Waals surface area contributed by atoms with Crippen LogP contribution in [0.1, 0.15) is 5.56 Å². The Bertz CT molecular complexity index is 877. The predicted octanol–water partition coefficient (Wildman–Crippen LogP) is 3.20. The number of carbonyl (C=O) groups excluding carboxylic acids is 2. The van der Waals surface area contributed by atoms with Crippen LogP contribution in [0.3, 0.4) is 0 Å². The second kappa shape index (κ2) is 7.50. The number of imide groups is 1. The topological polar surface area (TPSA) is 60.9 Å². The lowest BCUT2D eigenvalue weighted by Crippen LogP contribution is -2.34. The fourth-order valence-corrected chi connectivity index (χ4v) is 3.09. The maximum absolute atomic E-state index is 13.1. The third-order valence-corrected chi connectivity index (χ3v) is 4.60. The van der Waals surface area contributed by atoms with Gasteiger partial charge >= 0.3 is 0 Å². The number of nitrogens with zero attached hydrogens (tertiary/aromatic N) is 2. The smallest absolute Gasteiger partial charge is 0.282 e. The van der Waals surface area contributed by atoms with Gasteiger partial charge in [-0.2, -0.15) is 0 Å². The zero-order valence-electron chi connectivity index (χ0n) is 13.9. The summed E-state index contributed by atoms with van der Waals surface area (Å²) in [7, 11) is 1.66. The second-order valence-electron chi connectivity index (χ2n) is 5.80. The van der Waals surface area contributed by atoms with Crippen molar-refractivity contribution < 1.29 is 14.7 Å². The minimum absolute atomic E-state index is 0.143. The first-order valence-electron chi connectivity index (χ1n) is 7.90. The molecule has 2 aromatic carbocycles. The molecule has 134 valence electrons. The van der Waals surface area contributed by atoms with Gasteiger partial charge in [0.1, 0.15) is 5.70 Å². The molecule has 26 heavy (non-hydrogen) atoms. The van der Waals surface area contributed by atoms with E-state index in [1.807, 2.05) is 0 Å². The zero-order chi connectivity index (χ0) is 18.8. The van der Waals surface area contributed by atoms with Crippen molar-refractivity contribution in [3.8, 4) is 0 Å². The number of aliphatic hydroxyl groups excluding tert-OH is 1. The number of hydrogen-bond acceptors (Lipinski definition) is 4. The maximum atomic E-state index is 13.1. The average Bonchev–Trinajstić information content (AvgIpc) is 2.88. The molecule has 7 heteroatoms. The molecule has 1 aliphatic heterocycles. The van der Waals surface area contributed by atoms with Crippen molar-refractivity contribution in [1.82, 2.24) is 4.90 Å². The Morgan fingerprint density at radius 2 is 1.46 bits per heavy atom. The van der Waals surface area contributed by atoms with Crippen molar-refractivity contribution in [3.63, 3.8) is 0 Å². The molecule has 0 saturated heterocycles. The zero-order valence-corrected chi connectivity index (χ0v) is 15.5. The Labute approximate surface area is 161 Å². The summed E-state index contributed by atoms with van der Waals surface area (Å²) in [5.41, 5.74) is 1.53. The molecule has 0 radical (unpaired) electrons. The first-order valence-corrected chi connectivity index (χ1v) is 8.66. The standard InChI is InChI=1S/C19H16Cl2N2O3/c1-22(10-11-24)17-16(12-2-4-13(20)5-3-12)18(25)23(19(17)26)15-8-6-14(21)7-9-15/h2-9,24H,10-11H2,1H3. The molecule has 0 bridgehead atoms. The van der Waals surface area contributed by atoms with E-state index in [-0.39, 0.29) is 24.4 Å². The van der Waals surface area contributed by atoms with Crippen LogP contribution >= 0.6 is 23.2 Å².